The molecular weight excluding hydrogens is 260 g/mol. The van der Waals surface area contributed by atoms with Crippen molar-refractivity contribution in [3.05, 3.63) is 35.4 Å². The number of hydrogen-bond donors (Lipinski definition) is 2. The van der Waals surface area contributed by atoms with Gasteiger partial charge < -0.3 is 11.1 Å². The summed E-state index contributed by atoms with van der Waals surface area (Å²) in [4.78, 5) is 12.3. The number of carbonyl (C=O) groups excluding carboxylic acids is 1. The second-order valence-corrected chi connectivity index (χ2v) is 5.75. The molecule has 0 fully saturated rings. The Labute approximate surface area is 128 Å². The predicted molar refractivity (Wildman–Crippen MR) is 88.0 cm³/mol. The van der Waals surface area contributed by atoms with Gasteiger partial charge in [-0.05, 0) is 31.4 Å². The van der Waals surface area contributed by atoms with Crippen LogP contribution in [0.3, 0.4) is 0 Å². The fraction of sp³-hybridized carbons (Fsp3) is 0.500. The van der Waals surface area contributed by atoms with Gasteiger partial charge in [0.05, 0.1) is 12.1 Å². The van der Waals surface area contributed by atoms with E-state index in [4.69, 9.17) is 5.73 Å². The van der Waals surface area contributed by atoms with Gasteiger partial charge >= 0.3 is 0 Å². The van der Waals surface area contributed by atoms with Crippen LogP contribution in [-0.2, 0) is 0 Å². The van der Waals surface area contributed by atoms with Crippen LogP contribution < -0.4 is 11.1 Å². The molecule has 1 aromatic carbocycles. The quantitative estimate of drug-likeness (QED) is 0.790. The van der Waals surface area contributed by atoms with Crippen LogP contribution in [0.4, 0.5) is 0 Å². The van der Waals surface area contributed by atoms with Crippen LogP contribution >= 0.6 is 0 Å². The van der Waals surface area contributed by atoms with Gasteiger partial charge in [-0.1, -0.05) is 50.7 Å². The highest BCUT2D eigenvalue weighted by Gasteiger charge is 2.12. The molecule has 0 bridgehead atoms. The fourth-order valence-electron chi connectivity index (χ4n) is 2.14. The van der Waals surface area contributed by atoms with Crippen molar-refractivity contribution in [2.45, 2.75) is 46.1 Å². The minimum atomic E-state index is -0.0611. The summed E-state index contributed by atoms with van der Waals surface area (Å²) < 4.78 is 0. The van der Waals surface area contributed by atoms with Gasteiger partial charge in [0.2, 0.25) is 0 Å². The molecule has 0 radical (unpaired) electrons. The Bertz CT molecular complexity index is 511. The third kappa shape index (κ3) is 6.46. The lowest BCUT2D eigenvalue weighted by Crippen LogP contribution is -2.33. The monoisotopic (exact) mass is 286 g/mol. The van der Waals surface area contributed by atoms with Gasteiger partial charge in [0.25, 0.3) is 5.91 Å². The number of benzene rings is 1. The average molecular weight is 286 g/mol. The largest absolute Gasteiger partial charge is 0.350 e. The highest BCUT2D eigenvalue weighted by Crippen LogP contribution is 2.11. The molecule has 0 spiro atoms. The summed E-state index contributed by atoms with van der Waals surface area (Å²) in [7, 11) is 0. The van der Waals surface area contributed by atoms with Crippen molar-refractivity contribution in [3.8, 4) is 11.8 Å². The minimum absolute atomic E-state index is 0.0611. The van der Waals surface area contributed by atoms with E-state index in [0.29, 0.717) is 18.0 Å². The molecule has 0 saturated heterocycles. The van der Waals surface area contributed by atoms with E-state index in [1.807, 2.05) is 25.1 Å². The Morgan fingerprint density at radius 1 is 1.24 bits per heavy atom. The van der Waals surface area contributed by atoms with Gasteiger partial charge in [0.1, 0.15) is 0 Å². The summed E-state index contributed by atoms with van der Waals surface area (Å²) in [5.74, 6) is 6.39. The van der Waals surface area contributed by atoms with E-state index in [-0.39, 0.29) is 11.9 Å². The molecule has 21 heavy (non-hydrogen) atoms. The van der Waals surface area contributed by atoms with Crippen LogP contribution in [0.15, 0.2) is 24.3 Å². The van der Waals surface area contributed by atoms with E-state index in [9.17, 15) is 4.79 Å². The van der Waals surface area contributed by atoms with E-state index >= 15 is 0 Å². The molecule has 0 saturated carbocycles. The van der Waals surface area contributed by atoms with E-state index in [1.54, 1.807) is 6.07 Å². The molecule has 3 heteroatoms. The Balaban J connectivity index is 2.63. The third-order valence-electron chi connectivity index (χ3n) is 3.29. The Hall–Kier alpha value is -1.79. The first-order chi connectivity index (χ1) is 10.0. The zero-order valence-corrected chi connectivity index (χ0v) is 13.3. The molecule has 114 valence electrons. The number of nitrogens with two attached hydrogens (primary N) is 1. The minimum Gasteiger partial charge on any atom is -0.350 e. The second kappa shape index (κ2) is 9.20. The average Bonchev–Trinajstić information content (AvgIpc) is 2.44. The zero-order valence-electron chi connectivity index (χ0n) is 13.3. The van der Waals surface area contributed by atoms with Crippen molar-refractivity contribution < 1.29 is 4.79 Å². The summed E-state index contributed by atoms with van der Waals surface area (Å²) in [6, 6.07) is 7.55. The molecule has 1 rings (SSSR count). The maximum absolute atomic E-state index is 12.3. The smallest absolute Gasteiger partial charge is 0.252 e. The standard InChI is InChI=1S/C18H26N2O/c1-14(2)8-6-9-15(3)20-18(21)17-12-5-4-10-16(17)11-7-13-19/h4-5,10,12,14-15H,6,8-9,13,19H2,1-3H3,(H,20,21). The first-order valence-corrected chi connectivity index (χ1v) is 7.63. The Kier molecular flexibility index (Phi) is 7.56. The molecule has 1 atom stereocenters. The zero-order chi connectivity index (χ0) is 15.7. The highest BCUT2D eigenvalue weighted by atomic mass is 16.1. The van der Waals surface area contributed by atoms with Crippen LogP contribution in [0.25, 0.3) is 0 Å². The lowest BCUT2D eigenvalue weighted by atomic mass is 10.0. The lowest BCUT2D eigenvalue weighted by Gasteiger charge is -2.15. The molecule has 0 aliphatic heterocycles. The first-order valence-electron chi connectivity index (χ1n) is 7.63. The number of hydrogen-bond acceptors (Lipinski definition) is 2. The fourth-order valence-corrected chi connectivity index (χ4v) is 2.14. The summed E-state index contributed by atoms with van der Waals surface area (Å²) in [6.45, 7) is 6.78. The van der Waals surface area contributed by atoms with Crippen molar-refractivity contribution in [3.63, 3.8) is 0 Å². The van der Waals surface area contributed by atoms with Crippen LogP contribution in [-0.4, -0.2) is 18.5 Å². The van der Waals surface area contributed by atoms with E-state index in [1.165, 1.54) is 6.42 Å². The molecular formula is C18H26N2O. The first kappa shape index (κ1) is 17.3. The molecule has 1 aromatic rings. The van der Waals surface area contributed by atoms with Gasteiger partial charge in [-0.2, -0.15) is 0 Å². The molecule has 0 aliphatic carbocycles. The summed E-state index contributed by atoms with van der Waals surface area (Å²) in [6.07, 6.45) is 3.33. The normalized spacial score (nSPS) is 11.7. The van der Waals surface area contributed by atoms with Crippen molar-refractivity contribution in [2.75, 3.05) is 6.54 Å². The van der Waals surface area contributed by atoms with Crippen LogP contribution in [0.2, 0.25) is 0 Å². The van der Waals surface area contributed by atoms with Crippen molar-refractivity contribution in [2.24, 2.45) is 11.7 Å². The van der Waals surface area contributed by atoms with Crippen LogP contribution in [0.5, 0.6) is 0 Å². The molecule has 0 aromatic heterocycles. The van der Waals surface area contributed by atoms with Crippen LogP contribution in [0, 0.1) is 17.8 Å². The summed E-state index contributed by atoms with van der Waals surface area (Å²) >= 11 is 0. The topological polar surface area (TPSA) is 55.1 Å². The SMILES string of the molecule is CC(C)CCCC(C)NC(=O)c1ccccc1C#CCN. The lowest BCUT2D eigenvalue weighted by molar-refractivity contribution is 0.0937. The molecule has 0 aliphatic rings. The van der Waals surface area contributed by atoms with Gasteiger partial charge in [-0.15, -0.1) is 0 Å². The number of rotatable bonds is 6. The number of nitrogens with one attached hydrogen (secondary N) is 1. The molecule has 3 N–H and O–H groups in total. The van der Waals surface area contributed by atoms with Crippen molar-refractivity contribution in [1.82, 2.24) is 5.32 Å². The molecule has 0 heterocycles. The molecule has 1 unspecified atom stereocenters. The van der Waals surface area contributed by atoms with E-state index < -0.39 is 0 Å². The van der Waals surface area contributed by atoms with Gasteiger partial charge in [0.15, 0.2) is 0 Å². The van der Waals surface area contributed by atoms with Gasteiger partial charge in [-0.3, -0.25) is 4.79 Å². The van der Waals surface area contributed by atoms with Gasteiger partial charge in [-0.25, -0.2) is 0 Å². The highest BCUT2D eigenvalue weighted by molar-refractivity contribution is 5.96. The molecule has 1 amide bonds. The number of carbonyl (C=O) groups is 1. The number of amides is 1. The third-order valence-corrected chi connectivity index (χ3v) is 3.29. The van der Waals surface area contributed by atoms with Crippen molar-refractivity contribution >= 4 is 5.91 Å². The Morgan fingerprint density at radius 3 is 2.62 bits per heavy atom. The van der Waals surface area contributed by atoms with Crippen molar-refractivity contribution in [1.29, 1.82) is 0 Å². The van der Waals surface area contributed by atoms with E-state index in [2.05, 4.69) is 31.0 Å². The maximum atomic E-state index is 12.3. The summed E-state index contributed by atoms with van der Waals surface area (Å²) in [5.41, 5.74) is 6.74. The van der Waals surface area contributed by atoms with Gasteiger partial charge in [0, 0.05) is 11.6 Å². The van der Waals surface area contributed by atoms with Crippen LogP contribution in [0.1, 0.15) is 56.0 Å². The predicted octanol–water partition coefficient (Wildman–Crippen LogP) is 2.94. The second-order valence-electron chi connectivity index (χ2n) is 5.75. The van der Waals surface area contributed by atoms with E-state index in [0.717, 1.165) is 18.4 Å². The Morgan fingerprint density at radius 2 is 1.95 bits per heavy atom. The maximum Gasteiger partial charge on any atom is 0.252 e. The summed E-state index contributed by atoms with van der Waals surface area (Å²) in [5, 5.41) is 3.05. The molecule has 3 nitrogen and oxygen atoms in total.